The number of nitrogens with zero attached hydrogens (tertiary/aromatic N) is 3. The second-order valence-corrected chi connectivity index (χ2v) is 6.58. The molecule has 0 spiro atoms. The van der Waals surface area contributed by atoms with Gasteiger partial charge < -0.3 is 14.8 Å². The number of aliphatic hydroxyl groups excluding tert-OH is 1. The highest BCUT2D eigenvalue weighted by atomic mass is 16.3. The van der Waals surface area contributed by atoms with Gasteiger partial charge in [-0.15, -0.1) is 0 Å². The molecule has 5 heteroatoms. The summed E-state index contributed by atoms with van der Waals surface area (Å²) in [5.41, 5.74) is 3.47. The average Bonchev–Trinajstić information content (AvgIpc) is 3.16. The maximum absolute atomic E-state index is 9.32. The minimum absolute atomic E-state index is 0.312. The Hall–Kier alpha value is -1.43. The van der Waals surface area contributed by atoms with Gasteiger partial charge in [-0.2, -0.15) is 0 Å². The molecule has 126 valence electrons. The molecule has 1 aliphatic heterocycles. The molecule has 2 N–H and O–H groups in total. The van der Waals surface area contributed by atoms with E-state index in [2.05, 4.69) is 44.9 Å². The number of pyridine rings is 1. The van der Waals surface area contributed by atoms with Crippen molar-refractivity contribution >= 4 is 5.65 Å². The van der Waals surface area contributed by atoms with Gasteiger partial charge in [-0.05, 0) is 69.9 Å². The zero-order valence-electron chi connectivity index (χ0n) is 14.0. The van der Waals surface area contributed by atoms with Crippen LogP contribution in [0.25, 0.3) is 5.65 Å². The summed E-state index contributed by atoms with van der Waals surface area (Å²) >= 11 is 0. The zero-order valence-corrected chi connectivity index (χ0v) is 14.0. The van der Waals surface area contributed by atoms with Crippen molar-refractivity contribution in [3.63, 3.8) is 0 Å². The number of unbranched alkanes of at least 4 members (excludes halogenated alkanes) is 1. The molecule has 1 atom stereocenters. The molecular weight excluding hydrogens is 288 g/mol. The van der Waals surface area contributed by atoms with E-state index in [9.17, 15) is 5.11 Å². The molecule has 0 saturated carbocycles. The van der Waals surface area contributed by atoms with Crippen molar-refractivity contribution in [1.82, 2.24) is 19.6 Å². The van der Waals surface area contributed by atoms with Crippen LogP contribution in [0.3, 0.4) is 0 Å². The van der Waals surface area contributed by atoms with Gasteiger partial charge in [-0.3, -0.25) is 4.90 Å². The van der Waals surface area contributed by atoms with Gasteiger partial charge in [0.1, 0.15) is 5.65 Å². The minimum Gasteiger partial charge on any atom is -0.395 e. The Morgan fingerprint density at radius 1 is 1.39 bits per heavy atom. The predicted octanol–water partition coefficient (Wildman–Crippen LogP) is 1.97. The number of hydrogen-bond acceptors (Lipinski definition) is 4. The molecule has 2 aromatic rings. The number of nitrogens with one attached hydrogen (secondary N) is 1. The van der Waals surface area contributed by atoms with Crippen LogP contribution in [-0.4, -0.2) is 51.7 Å². The summed E-state index contributed by atoms with van der Waals surface area (Å²) in [6.45, 7) is 6.55. The van der Waals surface area contributed by atoms with E-state index in [1.807, 2.05) is 6.20 Å². The van der Waals surface area contributed by atoms with Crippen LogP contribution >= 0.6 is 0 Å². The number of hydrogen-bond donors (Lipinski definition) is 2. The molecule has 0 amide bonds. The first-order valence-electron chi connectivity index (χ1n) is 8.76. The molecule has 3 rings (SSSR count). The minimum atomic E-state index is 0.312. The third kappa shape index (κ3) is 4.10. The fourth-order valence-corrected chi connectivity index (χ4v) is 3.44. The van der Waals surface area contributed by atoms with Crippen LogP contribution in [0, 0.1) is 6.92 Å². The van der Waals surface area contributed by atoms with Crippen molar-refractivity contribution in [3.05, 3.63) is 35.8 Å². The van der Waals surface area contributed by atoms with Crippen LogP contribution in [0.4, 0.5) is 0 Å². The third-order valence-electron chi connectivity index (χ3n) is 4.81. The van der Waals surface area contributed by atoms with Gasteiger partial charge in [0.05, 0.1) is 18.5 Å². The van der Waals surface area contributed by atoms with Crippen LogP contribution < -0.4 is 5.32 Å². The summed E-state index contributed by atoms with van der Waals surface area (Å²) < 4.78 is 2.15. The number of imidazole rings is 1. The van der Waals surface area contributed by atoms with Gasteiger partial charge >= 0.3 is 0 Å². The first-order valence-corrected chi connectivity index (χ1v) is 8.76. The highest BCUT2D eigenvalue weighted by molar-refractivity contribution is 5.42. The SMILES string of the molecule is Cc1ccn2c(CNCCCCN3CCCC3CO)cnc2c1. The lowest BCUT2D eigenvalue weighted by atomic mass is 10.2. The molecule has 1 fully saturated rings. The molecule has 5 nitrogen and oxygen atoms in total. The molecule has 0 aliphatic carbocycles. The van der Waals surface area contributed by atoms with E-state index < -0.39 is 0 Å². The fraction of sp³-hybridized carbons (Fsp3) is 0.611. The highest BCUT2D eigenvalue weighted by Crippen LogP contribution is 2.16. The van der Waals surface area contributed by atoms with E-state index in [4.69, 9.17) is 0 Å². The molecular formula is C18H28N4O. The van der Waals surface area contributed by atoms with Crippen molar-refractivity contribution in [1.29, 1.82) is 0 Å². The van der Waals surface area contributed by atoms with E-state index in [0.717, 1.165) is 38.2 Å². The molecule has 0 radical (unpaired) electrons. The van der Waals surface area contributed by atoms with Crippen molar-refractivity contribution in [3.8, 4) is 0 Å². The van der Waals surface area contributed by atoms with Crippen LogP contribution in [0.2, 0.25) is 0 Å². The average molecular weight is 316 g/mol. The lowest BCUT2D eigenvalue weighted by molar-refractivity contribution is 0.157. The summed E-state index contributed by atoms with van der Waals surface area (Å²) in [4.78, 5) is 6.89. The van der Waals surface area contributed by atoms with Gasteiger partial charge in [0, 0.05) is 18.8 Å². The van der Waals surface area contributed by atoms with E-state index in [0.29, 0.717) is 12.6 Å². The molecule has 2 aromatic heterocycles. The molecule has 23 heavy (non-hydrogen) atoms. The molecule has 1 aliphatic rings. The maximum Gasteiger partial charge on any atom is 0.137 e. The number of aryl methyl sites for hydroxylation is 1. The maximum atomic E-state index is 9.32. The van der Waals surface area contributed by atoms with E-state index in [1.54, 1.807) is 0 Å². The van der Waals surface area contributed by atoms with Gasteiger partial charge in [0.15, 0.2) is 0 Å². The summed E-state index contributed by atoms with van der Waals surface area (Å²) in [7, 11) is 0. The Morgan fingerprint density at radius 2 is 2.30 bits per heavy atom. The standard InChI is InChI=1S/C18H28N4O/c1-15-6-10-22-17(13-20-18(22)11-15)12-19-7-2-3-8-21-9-4-5-16(21)14-23/h6,10-11,13,16,19,23H,2-5,7-9,12,14H2,1H3. The lowest BCUT2D eigenvalue weighted by Gasteiger charge is -2.22. The number of likely N-dealkylation sites (tertiary alicyclic amines) is 1. The van der Waals surface area contributed by atoms with Crippen LogP contribution in [0.15, 0.2) is 24.5 Å². The molecule has 0 bridgehead atoms. The Bertz CT molecular complexity index is 625. The monoisotopic (exact) mass is 316 g/mol. The smallest absolute Gasteiger partial charge is 0.137 e. The molecule has 1 saturated heterocycles. The third-order valence-corrected chi connectivity index (χ3v) is 4.81. The van der Waals surface area contributed by atoms with Crippen molar-refractivity contribution in [2.24, 2.45) is 0 Å². The first-order chi connectivity index (χ1) is 11.3. The Balaban J connectivity index is 1.36. The second kappa shape index (κ2) is 7.90. The van der Waals surface area contributed by atoms with Crippen molar-refractivity contribution in [2.45, 2.75) is 45.2 Å². The predicted molar refractivity (Wildman–Crippen MR) is 92.6 cm³/mol. The Kier molecular flexibility index (Phi) is 5.65. The molecule has 0 aromatic carbocycles. The van der Waals surface area contributed by atoms with Crippen LogP contribution in [-0.2, 0) is 6.54 Å². The quantitative estimate of drug-likeness (QED) is 0.731. The number of rotatable bonds is 8. The van der Waals surface area contributed by atoms with E-state index in [1.165, 1.54) is 30.5 Å². The zero-order chi connectivity index (χ0) is 16.1. The van der Waals surface area contributed by atoms with E-state index in [-0.39, 0.29) is 0 Å². The van der Waals surface area contributed by atoms with E-state index >= 15 is 0 Å². The highest BCUT2D eigenvalue weighted by Gasteiger charge is 2.22. The summed E-state index contributed by atoms with van der Waals surface area (Å²) in [5.74, 6) is 0. The summed E-state index contributed by atoms with van der Waals surface area (Å²) in [6.07, 6.45) is 8.80. The number of aromatic nitrogens is 2. The van der Waals surface area contributed by atoms with Gasteiger partial charge in [0.2, 0.25) is 0 Å². The molecule has 1 unspecified atom stereocenters. The van der Waals surface area contributed by atoms with Gasteiger partial charge in [-0.1, -0.05) is 0 Å². The van der Waals surface area contributed by atoms with Crippen molar-refractivity contribution in [2.75, 3.05) is 26.2 Å². The number of fused-ring (bicyclic) bond motifs is 1. The van der Waals surface area contributed by atoms with Crippen LogP contribution in [0.5, 0.6) is 0 Å². The Morgan fingerprint density at radius 3 is 3.17 bits per heavy atom. The first kappa shape index (κ1) is 16.4. The van der Waals surface area contributed by atoms with Gasteiger partial charge in [0.25, 0.3) is 0 Å². The largest absolute Gasteiger partial charge is 0.395 e. The second-order valence-electron chi connectivity index (χ2n) is 6.58. The topological polar surface area (TPSA) is 52.8 Å². The lowest BCUT2D eigenvalue weighted by Crippen LogP contribution is -2.33. The normalized spacial score (nSPS) is 19.0. The number of aliphatic hydroxyl groups is 1. The van der Waals surface area contributed by atoms with Crippen LogP contribution in [0.1, 0.15) is 36.9 Å². The summed E-state index contributed by atoms with van der Waals surface area (Å²) in [5, 5.41) is 12.8. The Labute approximate surface area is 138 Å². The van der Waals surface area contributed by atoms with Gasteiger partial charge in [-0.25, -0.2) is 4.98 Å². The fourth-order valence-electron chi connectivity index (χ4n) is 3.44. The summed E-state index contributed by atoms with van der Waals surface area (Å²) in [6, 6.07) is 4.63. The van der Waals surface area contributed by atoms with Crippen molar-refractivity contribution < 1.29 is 5.11 Å². The molecule has 3 heterocycles.